The van der Waals surface area contributed by atoms with Gasteiger partial charge >= 0.3 is 0 Å². The van der Waals surface area contributed by atoms with Crippen molar-refractivity contribution in [1.29, 1.82) is 0 Å². The summed E-state index contributed by atoms with van der Waals surface area (Å²) in [6.45, 7) is 13.6. The SMILES string of the molecule is COc1ccc(P(=NCC(NC(=S)NC(C(=O)N(C)Cc2ccccc2)C(C)(C)C)C(C)(C)C)(c2ccc(OC)cc2)c2ccc(OC)cc2)cc1. The van der Waals surface area contributed by atoms with Crippen molar-refractivity contribution in [2.75, 3.05) is 34.9 Å². The number of thiocarbonyl (C=S) groups is 1. The highest BCUT2D eigenvalue weighted by molar-refractivity contribution is 7.87. The van der Waals surface area contributed by atoms with Crippen molar-refractivity contribution in [3.05, 3.63) is 109 Å². The molecule has 0 fully saturated rings. The first-order valence-corrected chi connectivity index (χ1v) is 19.6. The number of carbonyl (C=O) groups excluding carboxylic acids is 1. The van der Waals surface area contributed by atoms with Crippen LogP contribution in [0.1, 0.15) is 47.1 Å². The summed E-state index contributed by atoms with van der Waals surface area (Å²) < 4.78 is 22.4. The zero-order valence-corrected chi connectivity index (χ0v) is 34.0. The van der Waals surface area contributed by atoms with Gasteiger partial charge in [-0.25, -0.2) is 0 Å². The van der Waals surface area contributed by atoms with E-state index in [1.807, 2.05) is 73.8 Å². The minimum atomic E-state index is -2.63. The molecule has 10 heteroatoms. The van der Waals surface area contributed by atoms with Crippen LogP contribution in [0.5, 0.6) is 17.2 Å². The molecule has 0 saturated heterocycles. The standard InChI is InChI=1S/C42H55N4O4PS/c1-41(2,3)37(44-40(52)45-38(42(4,5)6)39(47)46(7)29-30-14-12-11-13-15-30)28-43-51(34-22-16-31(48-8)17-23-34,35-24-18-32(49-9)19-25-35)36-26-20-33(50-10)21-27-36/h11-27,37-38H,28-29H2,1-10H3,(H2,44,45,52). The molecule has 278 valence electrons. The fraction of sp³-hybridized carbons (Fsp3) is 0.381. The van der Waals surface area contributed by atoms with Gasteiger partial charge in [-0.1, -0.05) is 71.9 Å². The molecule has 0 aliphatic heterocycles. The van der Waals surface area contributed by atoms with Crippen LogP contribution in [0.3, 0.4) is 0 Å². The predicted octanol–water partition coefficient (Wildman–Crippen LogP) is 7.14. The maximum absolute atomic E-state index is 13.9. The second kappa shape index (κ2) is 17.5. The van der Waals surface area contributed by atoms with Crippen LogP contribution in [-0.4, -0.2) is 62.9 Å². The number of hydrogen-bond acceptors (Lipinski definition) is 6. The van der Waals surface area contributed by atoms with Crippen LogP contribution in [0.25, 0.3) is 0 Å². The van der Waals surface area contributed by atoms with Gasteiger partial charge in [0.1, 0.15) is 23.3 Å². The average molecular weight is 743 g/mol. The van der Waals surface area contributed by atoms with E-state index in [-0.39, 0.29) is 17.4 Å². The van der Waals surface area contributed by atoms with E-state index in [0.29, 0.717) is 18.2 Å². The van der Waals surface area contributed by atoms with Gasteiger partial charge in [-0.05, 0) is 101 Å². The van der Waals surface area contributed by atoms with Crippen LogP contribution in [0, 0.1) is 10.8 Å². The fourth-order valence-corrected chi connectivity index (χ4v) is 9.76. The van der Waals surface area contributed by atoms with E-state index in [4.69, 9.17) is 31.2 Å². The van der Waals surface area contributed by atoms with E-state index < -0.39 is 18.5 Å². The van der Waals surface area contributed by atoms with Gasteiger partial charge in [-0.15, -0.1) is 0 Å². The molecule has 0 saturated carbocycles. The van der Waals surface area contributed by atoms with Crippen molar-refractivity contribution in [2.24, 2.45) is 15.6 Å². The van der Waals surface area contributed by atoms with Crippen molar-refractivity contribution in [3.63, 3.8) is 0 Å². The molecule has 2 N–H and O–H groups in total. The van der Waals surface area contributed by atoms with Crippen LogP contribution in [0.2, 0.25) is 0 Å². The number of likely N-dealkylation sites (N-methyl/N-ethyl adjacent to an activating group) is 1. The summed E-state index contributed by atoms with van der Waals surface area (Å²) in [6.07, 6.45) is 0. The molecule has 52 heavy (non-hydrogen) atoms. The molecule has 4 rings (SSSR count). The van der Waals surface area contributed by atoms with Crippen LogP contribution < -0.4 is 40.8 Å². The van der Waals surface area contributed by atoms with E-state index in [9.17, 15) is 4.79 Å². The number of methoxy groups -OCH3 is 3. The number of benzene rings is 4. The molecular weight excluding hydrogens is 688 g/mol. The Bertz CT molecular complexity index is 1700. The highest BCUT2D eigenvalue weighted by atomic mass is 32.1. The van der Waals surface area contributed by atoms with Crippen molar-refractivity contribution in [2.45, 2.75) is 60.2 Å². The van der Waals surface area contributed by atoms with Crippen LogP contribution in [0.15, 0.2) is 108 Å². The van der Waals surface area contributed by atoms with Crippen molar-refractivity contribution in [1.82, 2.24) is 15.5 Å². The second-order valence-electron chi connectivity index (χ2n) is 15.1. The van der Waals surface area contributed by atoms with E-state index in [1.54, 1.807) is 26.2 Å². The Morgan fingerprint density at radius 3 is 1.48 bits per heavy atom. The van der Waals surface area contributed by atoms with Gasteiger partial charge in [0.2, 0.25) is 5.91 Å². The Morgan fingerprint density at radius 1 is 0.692 bits per heavy atom. The van der Waals surface area contributed by atoms with Gasteiger partial charge in [0.05, 0.1) is 41.0 Å². The van der Waals surface area contributed by atoms with Crippen molar-refractivity contribution < 1.29 is 19.0 Å². The van der Waals surface area contributed by atoms with Crippen molar-refractivity contribution >= 4 is 46.2 Å². The molecule has 2 unspecified atom stereocenters. The van der Waals surface area contributed by atoms with E-state index in [1.165, 1.54) is 0 Å². The highest BCUT2D eigenvalue weighted by Gasteiger charge is 2.36. The first-order chi connectivity index (χ1) is 24.6. The summed E-state index contributed by atoms with van der Waals surface area (Å²) in [6, 6.07) is 33.9. The molecule has 8 nitrogen and oxygen atoms in total. The lowest BCUT2D eigenvalue weighted by molar-refractivity contribution is -0.134. The summed E-state index contributed by atoms with van der Waals surface area (Å²) in [7, 11) is 4.22. The normalized spacial score (nSPS) is 13.0. The zero-order valence-electron chi connectivity index (χ0n) is 32.3. The first-order valence-electron chi connectivity index (χ1n) is 17.5. The lowest BCUT2D eigenvalue weighted by Crippen LogP contribution is -2.58. The summed E-state index contributed by atoms with van der Waals surface area (Å²) >= 11 is 5.98. The molecule has 0 aromatic heterocycles. The molecule has 0 spiro atoms. The molecule has 1 amide bonds. The highest BCUT2D eigenvalue weighted by Crippen LogP contribution is 2.47. The second-order valence-corrected chi connectivity index (χ2v) is 18.6. The van der Waals surface area contributed by atoms with Crippen LogP contribution in [-0.2, 0) is 11.3 Å². The zero-order chi connectivity index (χ0) is 38.1. The number of rotatable bonds is 13. The minimum Gasteiger partial charge on any atom is -0.497 e. The molecule has 2 atom stereocenters. The van der Waals surface area contributed by atoms with Gasteiger partial charge in [0, 0.05) is 29.5 Å². The topological polar surface area (TPSA) is 84.4 Å². The molecule has 0 heterocycles. The maximum Gasteiger partial charge on any atom is 0.245 e. The Balaban J connectivity index is 1.76. The first kappa shape index (κ1) is 40.4. The molecule has 0 aliphatic carbocycles. The Hall–Kier alpha value is -4.33. The van der Waals surface area contributed by atoms with Gasteiger partial charge in [-0.3, -0.25) is 9.54 Å². The van der Waals surface area contributed by atoms with Gasteiger partial charge in [-0.2, -0.15) is 0 Å². The number of amides is 1. The fourth-order valence-electron chi connectivity index (χ4n) is 5.96. The number of nitrogens with zero attached hydrogens (tertiary/aromatic N) is 2. The van der Waals surface area contributed by atoms with E-state index >= 15 is 0 Å². The number of nitrogens with one attached hydrogen (secondary N) is 2. The summed E-state index contributed by atoms with van der Waals surface area (Å²) in [5.41, 5.74) is 0.405. The Morgan fingerprint density at radius 2 is 1.12 bits per heavy atom. The van der Waals surface area contributed by atoms with Crippen molar-refractivity contribution in [3.8, 4) is 17.2 Å². The van der Waals surface area contributed by atoms with Gasteiger partial charge in [0.15, 0.2) is 5.11 Å². The number of hydrogen-bond donors (Lipinski definition) is 2. The lowest BCUT2D eigenvalue weighted by Gasteiger charge is -2.37. The van der Waals surface area contributed by atoms with Gasteiger partial charge < -0.3 is 29.7 Å². The summed E-state index contributed by atoms with van der Waals surface area (Å²) in [5.74, 6) is 2.29. The Kier molecular flexibility index (Phi) is 13.6. The maximum atomic E-state index is 13.9. The quantitative estimate of drug-likeness (QED) is 0.111. The summed E-state index contributed by atoms with van der Waals surface area (Å²) in [5, 5.41) is 10.7. The number of carbonyl (C=O) groups is 1. The number of ether oxygens (including phenoxy) is 3. The van der Waals surface area contributed by atoms with E-state index in [2.05, 4.69) is 88.6 Å². The largest absolute Gasteiger partial charge is 0.497 e. The molecule has 4 aromatic carbocycles. The van der Waals surface area contributed by atoms with Crippen LogP contribution in [0.4, 0.5) is 0 Å². The molecular formula is C42H55N4O4PS. The van der Waals surface area contributed by atoms with Gasteiger partial charge in [0.25, 0.3) is 0 Å². The smallest absolute Gasteiger partial charge is 0.245 e. The Labute approximate surface area is 316 Å². The van der Waals surface area contributed by atoms with E-state index in [0.717, 1.165) is 38.7 Å². The summed E-state index contributed by atoms with van der Waals surface area (Å²) in [4.78, 5) is 15.7. The average Bonchev–Trinajstić information content (AvgIpc) is 3.13. The molecule has 4 aromatic rings. The third kappa shape index (κ3) is 9.96. The predicted molar refractivity (Wildman–Crippen MR) is 220 cm³/mol. The lowest BCUT2D eigenvalue weighted by atomic mass is 9.85. The molecule has 0 bridgehead atoms. The van der Waals surface area contributed by atoms with Crippen LogP contribution >= 0.6 is 19.3 Å². The molecule has 0 radical (unpaired) electrons. The third-order valence-electron chi connectivity index (χ3n) is 9.19. The third-order valence-corrected chi connectivity index (χ3v) is 13.2. The minimum absolute atomic E-state index is 0.0269. The molecule has 0 aliphatic rings. The monoisotopic (exact) mass is 742 g/mol.